The molecule has 1 aliphatic carbocycles. The van der Waals surface area contributed by atoms with Crippen molar-refractivity contribution in [1.29, 1.82) is 0 Å². The monoisotopic (exact) mass is 247 g/mol. The molecule has 3 rings (SSSR count). The number of hydrogen-bond donors (Lipinski definition) is 1. The SMILES string of the molecule is O/N=C1/CCc2cc(OC3CCCOC3)ccc21. The summed E-state index contributed by atoms with van der Waals surface area (Å²) >= 11 is 0. The second-order valence-electron chi connectivity index (χ2n) is 4.82. The van der Waals surface area contributed by atoms with Gasteiger partial charge in [-0.3, -0.25) is 0 Å². The first-order chi connectivity index (χ1) is 8.86. The first kappa shape index (κ1) is 11.5. The number of rotatable bonds is 2. The quantitative estimate of drug-likeness (QED) is 0.644. The van der Waals surface area contributed by atoms with Crippen LogP contribution in [0.4, 0.5) is 0 Å². The molecule has 1 N–H and O–H groups in total. The van der Waals surface area contributed by atoms with Crippen LogP contribution in [-0.4, -0.2) is 30.2 Å². The fraction of sp³-hybridized carbons (Fsp3) is 0.500. The van der Waals surface area contributed by atoms with E-state index in [0.29, 0.717) is 6.61 Å². The molecular formula is C14H17NO3. The Bertz CT molecular complexity index is 464. The molecule has 0 saturated carbocycles. The zero-order valence-corrected chi connectivity index (χ0v) is 10.3. The van der Waals surface area contributed by atoms with Gasteiger partial charge in [-0.2, -0.15) is 0 Å². The summed E-state index contributed by atoms with van der Waals surface area (Å²) in [6.45, 7) is 1.53. The number of nitrogens with zero attached hydrogens (tertiary/aromatic N) is 1. The molecular weight excluding hydrogens is 230 g/mol. The number of oxime groups is 1. The normalized spacial score (nSPS) is 25.1. The summed E-state index contributed by atoms with van der Waals surface area (Å²) < 4.78 is 11.3. The molecule has 1 heterocycles. The average Bonchev–Trinajstić information content (AvgIpc) is 2.82. The van der Waals surface area contributed by atoms with Crippen molar-refractivity contribution in [1.82, 2.24) is 0 Å². The van der Waals surface area contributed by atoms with Gasteiger partial charge in [-0.05, 0) is 49.4 Å². The van der Waals surface area contributed by atoms with E-state index in [0.717, 1.165) is 49.3 Å². The molecule has 1 aromatic rings. The highest BCUT2D eigenvalue weighted by atomic mass is 16.5. The molecule has 0 amide bonds. The first-order valence-electron chi connectivity index (χ1n) is 6.45. The van der Waals surface area contributed by atoms with E-state index >= 15 is 0 Å². The molecule has 96 valence electrons. The molecule has 4 nitrogen and oxygen atoms in total. The molecule has 0 radical (unpaired) electrons. The Morgan fingerprint density at radius 1 is 1.33 bits per heavy atom. The van der Waals surface area contributed by atoms with Gasteiger partial charge >= 0.3 is 0 Å². The Labute approximate surface area is 106 Å². The third-order valence-electron chi connectivity index (χ3n) is 3.56. The van der Waals surface area contributed by atoms with Gasteiger partial charge in [0.2, 0.25) is 0 Å². The zero-order chi connectivity index (χ0) is 12.4. The lowest BCUT2D eigenvalue weighted by Gasteiger charge is -2.23. The molecule has 1 aromatic carbocycles. The summed E-state index contributed by atoms with van der Waals surface area (Å²) in [7, 11) is 0. The minimum Gasteiger partial charge on any atom is -0.488 e. The van der Waals surface area contributed by atoms with Gasteiger partial charge < -0.3 is 14.7 Å². The van der Waals surface area contributed by atoms with Gasteiger partial charge in [0.15, 0.2) is 0 Å². The predicted octanol–water partition coefficient (Wildman–Crippen LogP) is 2.37. The fourth-order valence-electron chi connectivity index (χ4n) is 2.62. The Morgan fingerprint density at radius 2 is 2.28 bits per heavy atom. The smallest absolute Gasteiger partial charge is 0.122 e. The molecule has 1 aliphatic heterocycles. The third-order valence-corrected chi connectivity index (χ3v) is 3.56. The molecule has 4 heteroatoms. The van der Waals surface area contributed by atoms with Crippen LogP contribution in [0.1, 0.15) is 30.4 Å². The van der Waals surface area contributed by atoms with Crippen LogP contribution < -0.4 is 4.74 Å². The Kier molecular flexibility index (Phi) is 3.19. The van der Waals surface area contributed by atoms with Crippen LogP contribution in [0.2, 0.25) is 0 Å². The molecule has 1 fully saturated rings. The van der Waals surface area contributed by atoms with E-state index < -0.39 is 0 Å². The summed E-state index contributed by atoms with van der Waals surface area (Å²) in [5.74, 6) is 0.892. The number of ether oxygens (including phenoxy) is 2. The Morgan fingerprint density at radius 3 is 3.06 bits per heavy atom. The standard InChI is InChI=1S/C14H17NO3/c16-15-14-6-3-10-8-11(4-5-13(10)14)18-12-2-1-7-17-9-12/h4-5,8,12,16H,1-3,6-7,9H2/b15-14-. The molecule has 1 unspecified atom stereocenters. The van der Waals surface area contributed by atoms with Gasteiger partial charge in [0, 0.05) is 12.2 Å². The molecule has 1 atom stereocenters. The van der Waals surface area contributed by atoms with E-state index in [1.807, 2.05) is 12.1 Å². The van der Waals surface area contributed by atoms with Crippen molar-refractivity contribution in [2.75, 3.05) is 13.2 Å². The number of aryl methyl sites for hydroxylation is 1. The highest BCUT2D eigenvalue weighted by Gasteiger charge is 2.20. The highest BCUT2D eigenvalue weighted by molar-refractivity contribution is 6.04. The van der Waals surface area contributed by atoms with Crippen molar-refractivity contribution in [3.8, 4) is 5.75 Å². The Balaban J connectivity index is 1.75. The van der Waals surface area contributed by atoms with E-state index in [-0.39, 0.29) is 6.10 Å². The lowest BCUT2D eigenvalue weighted by molar-refractivity contribution is 0.00740. The summed E-state index contributed by atoms with van der Waals surface area (Å²) in [5, 5.41) is 12.2. The molecule has 0 spiro atoms. The van der Waals surface area contributed by atoms with Crippen LogP contribution in [0.15, 0.2) is 23.4 Å². The van der Waals surface area contributed by atoms with Gasteiger partial charge in [0.25, 0.3) is 0 Å². The van der Waals surface area contributed by atoms with Gasteiger partial charge in [0.05, 0.1) is 12.3 Å². The van der Waals surface area contributed by atoms with E-state index in [9.17, 15) is 0 Å². The van der Waals surface area contributed by atoms with Gasteiger partial charge in [-0.15, -0.1) is 0 Å². The number of fused-ring (bicyclic) bond motifs is 1. The van der Waals surface area contributed by atoms with Crippen LogP contribution in [0.5, 0.6) is 5.75 Å². The third kappa shape index (κ3) is 2.20. The minimum atomic E-state index is 0.171. The van der Waals surface area contributed by atoms with E-state index in [2.05, 4.69) is 11.2 Å². The average molecular weight is 247 g/mol. The van der Waals surface area contributed by atoms with Crippen LogP contribution >= 0.6 is 0 Å². The predicted molar refractivity (Wildman–Crippen MR) is 67.6 cm³/mol. The largest absolute Gasteiger partial charge is 0.488 e. The van der Waals surface area contributed by atoms with E-state index in [4.69, 9.17) is 14.7 Å². The highest BCUT2D eigenvalue weighted by Crippen LogP contribution is 2.27. The second-order valence-corrected chi connectivity index (χ2v) is 4.82. The van der Waals surface area contributed by atoms with Crippen molar-refractivity contribution >= 4 is 5.71 Å². The summed E-state index contributed by atoms with van der Waals surface area (Å²) in [5.41, 5.74) is 3.03. The van der Waals surface area contributed by atoms with Gasteiger partial charge in [-0.1, -0.05) is 5.16 Å². The maximum Gasteiger partial charge on any atom is 0.122 e. The zero-order valence-electron chi connectivity index (χ0n) is 10.3. The fourth-order valence-corrected chi connectivity index (χ4v) is 2.62. The van der Waals surface area contributed by atoms with E-state index in [1.165, 1.54) is 5.56 Å². The Hall–Kier alpha value is -1.55. The van der Waals surface area contributed by atoms with Crippen molar-refractivity contribution in [2.45, 2.75) is 31.8 Å². The van der Waals surface area contributed by atoms with Crippen LogP contribution in [-0.2, 0) is 11.2 Å². The summed E-state index contributed by atoms with van der Waals surface area (Å²) in [6.07, 6.45) is 4.02. The molecule has 2 aliphatic rings. The number of hydrogen-bond acceptors (Lipinski definition) is 4. The van der Waals surface area contributed by atoms with Crippen molar-refractivity contribution in [2.24, 2.45) is 5.16 Å². The van der Waals surface area contributed by atoms with E-state index in [1.54, 1.807) is 0 Å². The number of benzene rings is 1. The summed E-state index contributed by atoms with van der Waals surface area (Å²) in [4.78, 5) is 0. The molecule has 1 saturated heterocycles. The van der Waals surface area contributed by atoms with Crippen molar-refractivity contribution < 1.29 is 14.7 Å². The molecule has 0 aromatic heterocycles. The molecule has 18 heavy (non-hydrogen) atoms. The molecule has 0 bridgehead atoms. The first-order valence-corrected chi connectivity index (χ1v) is 6.45. The maximum absolute atomic E-state index is 8.88. The van der Waals surface area contributed by atoms with Crippen LogP contribution in [0.3, 0.4) is 0 Å². The van der Waals surface area contributed by atoms with Gasteiger partial charge in [-0.25, -0.2) is 0 Å². The lowest BCUT2D eigenvalue weighted by atomic mass is 10.1. The van der Waals surface area contributed by atoms with Crippen molar-refractivity contribution in [3.63, 3.8) is 0 Å². The second kappa shape index (κ2) is 4.98. The van der Waals surface area contributed by atoms with Crippen molar-refractivity contribution in [3.05, 3.63) is 29.3 Å². The lowest BCUT2D eigenvalue weighted by Crippen LogP contribution is -2.28. The minimum absolute atomic E-state index is 0.171. The summed E-state index contributed by atoms with van der Waals surface area (Å²) in [6, 6.07) is 5.99. The van der Waals surface area contributed by atoms with Gasteiger partial charge in [0.1, 0.15) is 11.9 Å². The van der Waals surface area contributed by atoms with Crippen LogP contribution in [0, 0.1) is 0 Å². The topological polar surface area (TPSA) is 51.1 Å². The van der Waals surface area contributed by atoms with Crippen LogP contribution in [0.25, 0.3) is 0 Å². The maximum atomic E-state index is 8.88.